The second kappa shape index (κ2) is 10.4. The number of aromatic nitrogens is 4. The summed E-state index contributed by atoms with van der Waals surface area (Å²) in [6.45, 7) is 4.49. The summed E-state index contributed by atoms with van der Waals surface area (Å²) in [7, 11) is 1.51. The number of carbonyl (C=O) groups excluding carboxylic acids is 1. The van der Waals surface area contributed by atoms with E-state index in [1.807, 2.05) is 13.8 Å². The molecule has 2 heterocycles. The van der Waals surface area contributed by atoms with E-state index in [-0.39, 0.29) is 53.5 Å². The number of halogens is 1. The van der Waals surface area contributed by atoms with E-state index < -0.39 is 17.0 Å². The molecular formula is C21H24ClN5O5S. The molecule has 0 aliphatic heterocycles. The first-order valence-corrected chi connectivity index (χ1v) is 11.5. The zero-order chi connectivity index (χ0) is 24.3. The van der Waals surface area contributed by atoms with Crippen LogP contribution >= 0.6 is 23.4 Å². The maximum absolute atomic E-state index is 13.0. The quantitative estimate of drug-likeness (QED) is 0.261. The highest BCUT2D eigenvalue weighted by Crippen LogP contribution is 2.22. The van der Waals surface area contributed by atoms with Crippen molar-refractivity contribution in [2.24, 2.45) is 5.92 Å². The summed E-state index contributed by atoms with van der Waals surface area (Å²) in [5.74, 6) is -0.927. The Kier molecular flexibility index (Phi) is 7.77. The summed E-state index contributed by atoms with van der Waals surface area (Å²) in [6.07, 6.45) is 0. The van der Waals surface area contributed by atoms with Crippen LogP contribution in [0.4, 0.5) is 5.82 Å². The topological polar surface area (TPSA) is 142 Å². The minimum atomic E-state index is -0.849. The number of nitrogen functional groups attached to an aromatic ring is 1. The number of carbonyl (C=O) groups is 1. The molecule has 3 N–H and O–H groups in total. The van der Waals surface area contributed by atoms with Crippen molar-refractivity contribution in [2.75, 3.05) is 25.2 Å². The normalized spacial score (nSPS) is 11.4. The molecule has 33 heavy (non-hydrogen) atoms. The van der Waals surface area contributed by atoms with Crippen LogP contribution in [-0.2, 0) is 17.8 Å². The summed E-state index contributed by atoms with van der Waals surface area (Å²) in [4.78, 5) is 57.0. The number of benzene rings is 1. The van der Waals surface area contributed by atoms with Crippen LogP contribution in [0.3, 0.4) is 0 Å². The number of thioether (sulfide) groups is 1. The van der Waals surface area contributed by atoms with Crippen molar-refractivity contribution in [1.82, 2.24) is 19.1 Å². The standard InChI is InChI=1S/C21H24ClN5O5S/c1-11(2)9-27-17(23)16(18(29)25-20(27)31)15(28)10-33-21-24-14-8-12(22)4-5-13(14)19(30)26(21)6-7-32-3/h4-5,8,11H,6-7,9-10,23H2,1-3H3,(H,25,29,31). The Morgan fingerprint density at radius 2 is 2.00 bits per heavy atom. The molecule has 0 unspecified atom stereocenters. The second-order valence-corrected chi connectivity index (χ2v) is 9.12. The van der Waals surface area contributed by atoms with Crippen LogP contribution in [0.1, 0.15) is 24.2 Å². The summed E-state index contributed by atoms with van der Waals surface area (Å²) >= 11 is 7.03. The lowest BCUT2D eigenvalue weighted by atomic mass is 10.2. The molecule has 3 rings (SSSR count). The number of anilines is 1. The SMILES string of the molecule is COCCn1c(SCC(=O)c2c(N)n(CC(C)C)c(=O)[nH]c2=O)nc2cc(Cl)ccc2c1=O. The average Bonchev–Trinajstić information content (AvgIpc) is 2.74. The minimum absolute atomic E-state index is 0.0667. The summed E-state index contributed by atoms with van der Waals surface area (Å²) in [6, 6.07) is 4.76. The molecule has 0 saturated heterocycles. The van der Waals surface area contributed by atoms with Crippen molar-refractivity contribution < 1.29 is 9.53 Å². The van der Waals surface area contributed by atoms with E-state index in [0.717, 1.165) is 11.8 Å². The predicted octanol–water partition coefficient (Wildman–Crippen LogP) is 1.76. The molecule has 3 aromatic rings. The van der Waals surface area contributed by atoms with Gasteiger partial charge in [0, 0.05) is 18.7 Å². The highest BCUT2D eigenvalue weighted by molar-refractivity contribution is 7.99. The molecule has 0 amide bonds. The van der Waals surface area contributed by atoms with Gasteiger partial charge in [-0.3, -0.25) is 28.5 Å². The molecule has 0 saturated carbocycles. The van der Waals surface area contributed by atoms with E-state index in [1.54, 1.807) is 18.2 Å². The van der Waals surface area contributed by atoms with Crippen LogP contribution < -0.4 is 22.5 Å². The van der Waals surface area contributed by atoms with Gasteiger partial charge in [0.1, 0.15) is 11.4 Å². The van der Waals surface area contributed by atoms with Gasteiger partial charge in [0.05, 0.1) is 29.8 Å². The Hall–Kier alpha value is -2.89. The fraction of sp³-hybridized carbons (Fsp3) is 0.381. The maximum Gasteiger partial charge on any atom is 0.329 e. The molecule has 0 atom stereocenters. The first kappa shape index (κ1) is 24.7. The Morgan fingerprint density at radius 1 is 1.27 bits per heavy atom. The van der Waals surface area contributed by atoms with E-state index in [2.05, 4.69) is 9.97 Å². The lowest BCUT2D eigenvalue weighted by Crippen LogP contribution is -2.37. The number of ketones is 1. The number of hydrogen-bond donors (Lipinski definition) is 2. The van der Waals surface area contributed by atoms with Crippen molar-refractivity contribution >= 4 is 45.9 Å². The van der Waals surface area contributed by atoms with Gasteiger partial charge >= 0.3 is 5.69 Å². The van der Waals surface area contributed by atoms with E-state index >= 15 is 0 Å². The van der Waals surface area contributed by atoms with Gasteiger partial charge in [-0.05, 0) is 24.1 Å². The molecule has 0 radical (unpaired) electrons. The van der Waals surface area contributed by atoms with Crippen LogP contribution in [-0.4, -0.2) is 44.4 Å². The molecule has 0 aliphatic carbocycles. The zero-order valence-electron chi connectivity index (χ0n) is 18.4. The Balaban J connectivity index is 1.99. The van der Waals surface area contributed by atoms with E-state index in [4.69, 9.17) is 22.1 Å². The summed E-state index contributed by atoms with van der Waals surface area (Å²) in [5, 5.41) is 1.07. The van der Waals surface area contributed by atoms with E-state index in [1.165, 1.54) is 16.2 Å². The van der Waals surface area contributed by atoms with Gasteiger partial charge in [0.2, 0.25) is 0 Å². The first-order valence-electron chi connectivity index (χ1n) is 10.1. The number of hydrogen-bond acceptors (Lipinski definition) is 8. The van der Waals surface area contributed by atoms with Gasteiger partial charge in [-0.1, -0.05) is 37.2 Å². The molecule has 10 nitrogen and oxygen atoms in total. The lowest BCUT2D eigenvalue weighted by Gasteiger charge is -2.15. The second-order valence-electron chi connectivity index (χ2n) is 7.74. The monoisotopic (exact) mass is 493 g/mol. The van der Waals surface area contributed by atoms with Gasteiger partial charge in [0.15, 0.2) is 10.9 Å². The fourth-order valence-electron chi connectivity index (χ4n) is 3.27. The number of nitrogens with zero attached hydrogens (tertiary/aromatic N) is 3. The fourth-order valence-corrected chi connectivity index (χ4v) is 4.33. The number of nitrogens with two attached hydrogens (primary N) is 1. The van der Waals surface area contributed by atoms with Gasteiger partial charge in [-0.2, -0.15) is 0 Å². The lowest BCUT2D eigenvalue weighted by molar-refractivity contribution is 0.102. The average molecular weight is 494 g/mol. The van der Waals surface area contributed by atoms with Crippen LogP contribution in [0.25, 0.3) is 10.9 Å². The number of H-pyrrole nitrogens is 1. The minimum Gasteiger partial charge on any atom is -0.384 e. The predicted molar refractivity (Wildman–Crippen MR) is 129 cm³/mol. The van der Waals surface area contributed by atoms with Crippen molar-refractivity contribution in [3.8, 4) is 0 Å². The molecular weight excluding hydrogens is 470 g/mol. The molecule has 176 valence electrons. The zero-order valence-corrected chi connectivity index (χ0v) is 20.0. The summed E-state index contributed by atoms with van der Waals surface area (Å²) in [5.41, 5.74) is 4.30. The first-order chi connectivity index (χ1) is 15.6. The largest absolute Gasteiger partial charge is 0.384 e. The third kappa shape index (κ3) is 5.37. The Labute approximate surface area is 197 Å². The number of nitrogens with one attached hydrogen (secondary N) is 1. The van der Waals surface area contributed by atoms with Gasteiger partial charge in [0.25, 0.3) is 11.1 Å². The number of rotatable bonds is 9. The summed E-state index contributed by atoms with van der Waals surface area (Å²) < 4.78 is 7.67. The van der Waals surface area contributed by atoms with Gasteiger partial charge in [-0.15, -0.1) is 0 Å². The highest BCUT2D eigenvalue weighted by atomic mass is 35.5. The van der Waals surface area contributed by atoms with Crippen LogP contribution in [0, 0.1) is 5.92 Å². The van der Waals surface area contributed by atoms with Gasteiger partial charge < -0.3 is 10.5 Å². The smallest absolute Gasteiger partial charge is 0.329 e. The third-order valence-corrected chi connectivity index (χ3v) is 6.01. The number of methoxy groups -OCH3 is 1. The van der Waals surface area contributed by atoms with Crippen molar-refractivity contribution in [2.45, 2.75) is 32.1 Å². The molecule has 12 heteroatoms. The number of fused-ring (bicyclic) bond motifs is 1. The van der Waals surface area contributed by atoms with Crippen LogP contribution in [0.2, 0.25) is 5.02 Å². The molecule has 0 spiro atoms. The molecule has 2 aromatic heterocycles. The van der Waals surface area contributed by atoms with Gasteiger partial charge in [-0.25, -0.2) is 9.78 Å². The number of Topliss-reactive ketones (excluding diaryl/α,β-unsaturated/α-hetero) is 1. The van der Waals surface area contributed by atoms with Crippen molar-refractivity contribution in [1.29, 1.82) is 0 Å². The molecule has 0 fully saturated rings. The van der Waals surface area contributed by atoms with Crippen LogP contribution in [0.5, 0.6) is 0 Å². The molecule has 1 aromatic carbocycles. The number of ether oxygens (including phenoxy) is 1. The Bertz CT molecular complexity index is 1380. The third-order valence-electron chi connectivity index (χ3n) is 4.80. The molecule has 0 bridgehead atoms. The van der Waals surface area contributed by atoms with Crippen LogP contribution in [0.15, 0.2) is 37.7 Å². The van der Waals surface area contributed by atoms with E-state index in [9.17, 15) is 19.2 Å². The van der Waals surface area contributed by atoms with E-state index in [0.29, 0.717) is 15.9 Å². The number of aromatic amines is 1. The maximum atomic E-state index is 13.0. The highest BCUT2D eigenvalue weighted by Gasteiger charge is 2.21. The van der Waals surface area contributed by atoms with Crippen molar-refractivity contribution in [3.63, 3.8) is 0 Å². The Morgan fingerprint density at radius 3 is 2.67 bits per heavy atom. The van der Waals surface area contributed by atoms with Crippen molar-refractivity contribution in [3.05, 3.63) is 60.0 Å². The molecule has 0 aliphatic rings.